The molecule has 0 saturated carbocycles. The maximum absolute atomic E-state index is 12.3. The molecule has 0 saturated heterocycles. The van der Waals surface area contributed by atoms with E-state index >= 15 is 0 Å². The molecule has 0 unspecified atom stereocenters. The van der Waals surface area contributed by atoms with Crippen LogP contribution >= 0.6 is 43.2 Å². The highest BCUT2D eigenvalue weighted by Crippen LogP contribution is 2.32. The Morgan fingerprint density at radius 1 is 1.21 bits per heavy atom. The van der Waals surface area contributed by atoms with Gasteiger partial charge in [-0.3, -0.25) is 10.1 Å². The monoisotopic (exact) mass is 520 g/mol. The second kappa shape index (κ2) is 9.49. The number of halogens is 2. The van der Waals surface area contributed by atoms with Crippen LogP contribution in [0.1, 0.15) is 17.4 Å². The van der Waals surface area contributed by atoms with Crippen LogP contribution in [0.25, 0.3) is 17.3 Å². The maximum atomic E-state index is 12.3. The van der Waals surface area contributed by atoms with E-state index in [-0.39, 0.29) is 5.91 Å². The molecule has 3 rings (SSSR count). The summed E-state index contributed by atoms with van der Waals surface area (Å²) in [6.45, 7) is 2.09. The number of benzene rings is 2. The molecule has 0 atom stereocenters. The lowest BCUT2D eigenvalue weighted by atomic mass is 10.1. The van der Waals surface area contributed by atoms with Crippen LogP contribution in [0.15, 0.2) is 57.5 Å². The first-order valence-electron chi connectivity index (χ1n) is 8.58. The van der Waals surface area contributed by atoms with Crippen LogP contribution in [0.4, 0.5) is 5.13 Å². The van der Waals surface area contributed by atoms with Crippen molar-refractivity contribution in [3.8, 4) is 17.0 Å². The Labute approximate surface area is 184 Å². The number of carbonyl (C=O) groups excluding carboxylic acids is 1. The van der Waals surface area contributed by atoms with Crippen LogP contribution in [-0.2, 0) is 11.2 Å². The van der Waals surface area contributed by atoms with Crippen molar-refractivity contribution in [3.05, 3.63) is 67.9 Å². The minimum atomic E-state index is -0.217. The van der Waals surface area contributed by atoms with Crippen LogP contribution in [-0.4, -0.2) is 18.0 Å². The molecule has 0 aliphatic heterocycles. The van der Waals surface area contributed by atoms with Gasteiger partial charge in [0, 0.05) is 21.0 Å². The second-order valence-corrected chi connectivity index (χ2v) is 8.72. The third-order valence-electron chi connectivity index (χ3n) is 3.97. The van der Waals surface area contributed by atoms with E-state index in [9.17, 15) is 4.79 Å². The van der Waals surface area contributed by atoms with Crippen molar-refractivity contribution in [1.82, 2.24) is 4.98 Å². The Bertz CT molecular complexity index is 1010. The minimum Gasteiger partial charge on any atom is -0.496 e. The van der Waals surface area contributed by atoms with E-state index in [1.165, 1.54) is 17.4 Å². The first-order valence-corrected chi connectivity index (χ1v) is 11.0. The fourth-order valence-corrected chi connectivity index (χ4v) is 4.33. The number of carbonyl (C=O) groups is 1. The highest BCUT2D eigenvalue weighted by molar-refractivity contribution is 9.10. The molecule has 4 nitrogen and oxygen atoms in total. The van der Waals surface area contributed by atoms with E-state index in [0.717, 1.165) is 42.8 Å². The fourth-order valence-electron chi connectivity index (χ4n) is 2.58. The number of anilines is 1. The Morgan fingerprint density at radius 2 is 1.96 bits per heavy atom. The van der Waals surface area contributed by atoms with Crippen LogP contribution < -0.4 is 10.1 Å². The van der Waals surface area contributed by atoms with Gasteiger partial charge in [-0.2, -0.15) is 0 Å². The van der Waals surface area contributed by atoms with Gasteiger partial charge in [-0.15, -0.1) is 11.3 Å². The zero-order valence-corrected chi connectivity index (χ0v) is 19.3. The van der Waals surface area contributed by atoms with Crippen LogP contribution in [0.5, 0.6) is 5.75 Å². The number of aromatic nitrogens is 1. The lowest BCUT2D eigenvalue weighted by molar-refractivity contribution is -0.111. The lowest BCUT2D eigenvalue weighted by Crippen LogP contribution is -2.07. The number of ether oxygens (including phenoxy) is 1. The summed E-state index contributed by atoms with van der Waals surface area (Å²) in [5.41, 5.74) is 2.85. The summed E-state index contributed by atoms with van der Waals surface area (Å²) < 4.78 is 7.07. The molecule has 0 bridgehead atoms. The highest BCUT2D eigenvalue weighted by Gasteiger charge is 2.13. The average molecular weight is 522 g/mol. The number of rotatable bonds is 6. The summed E-state index contributed by atoms with van der Waals surface area (Å²) in [6.07, 6.45) is 4.11. The summed E-state index contributed by atoms with van der Waals surface area (Å²) in [6, 6.07) is 13.6. The molecule has 0 fully saturated rings. The van der Waals surface area contributed by atoms with Crippen molar-refractivity contribution in [3.63, 3.8) is 0 Å². The van der Waals surface area contributed by atoms with Crippen molar-refractivity contribution in [2.45, 2.75) is 13.3 Å². The topological polar surface area (TPSA) is 51.2 Å². The number of nitrogens with one attached hydrogen (secondary N) is 1. The molecule has 0 aliphatic carbocycles. The summed E-state index contributed by atoms with van der Waals surface area (Å²) >= 11 is 8.39. The van der Waals surface area contributed by atoms with Gasteiger partial charge in [-0.1, -0.05) is 41.1 Å². The van der Waals surface area contributed by atoms with Gasteiger partial charge in [-0.05, 0) is 58.3 Å². The summed E-state index contributed by atoms with van der Waals surface area (Å²) in [4.78, 5) is 18.1. The molecule has 28 heavy (non-hydrogen) atoms. The van der Waals surface area contributed by atoms with Gasteiger partial charge in [0.25, 0.3) is 0 Å². The van der Waals surface area contributed by atoms with E-state index in [1.54, 1.807) is 13.2 Å². The smallest absolute Gasteiger partial charge is 0.250 e. The van der Waals surface area contributed by atoms with E-state index in [1.807, 2.05) is 42.5 Å². The fraction of sp³-hybridized carbons (Fsp3) is 0.143. The first-order chi connectivity index (χ1) is 13.5. The van der Waals surface area contributed by atoms with Gasteiger partial charge < -0.3 is 4.74 Å². The average Bonchev–Trinajstić information content (AvgIpc) is 3.09. The van der Waals surface area contributed by atoms with Crippen molar-refractivity contribution in [2.75, 3.05) is 12.4 Å². The zero-order valence-electron chi connectivity index (χ0n) is 15.3. The number of thiazole rings is 1. The molecule has 1 N–H and O–H groups in total. The van der Waals surface area contributed by atoms with Gasteiger partial charge in [0.15, 0.2) is 5.13 Å². The zero-order chi connectivity index (χ0) is 20.1. The number of aryl methyl sites for hydroxylation is 1. The highest BCUT2D eigenvalue weighted by atomic mass is 79.9. The molecule has 0 spiro atoms. The lowest BCUT2D eigenvalue weighted by Gasteiger charge is -2.03. The quantitative estimate of drug-likeness (QED) is 0.374. The van der Waals surface area contributed by atoms with Crippen molar-refractivity contribution in [2.24, 2.45) is 0 Å². The Balaban J connectivity index is 1.73. The molecule has 1 amide bonds. The van der Waals surface area contributed by atoms with Gasteiger partial charge in [0.05, 0.1) is 17.3 Å². The van der Waals surface area contributed by atoms with E-state index in [0.29, 0.717) is 5.13 Å². The molecule has 0 radical (unpaired) electrons. The molecule has 2 aromatic carbocycles. The Hall–Kier alpha value is -1.96. The number of methoxy groups -OCH3 is 1. The maximum Gasteiger partial charge on any atom is 0.250 e. The third-order valence-corrected chi connectivity index (χ3v) is 6.23. The van der Waals surface area contributed by atoms with E-state index < -0.39 is 0 Å². The number of amides is 1. The SMILES string of the molecule is CCc1sc(NC(=O)/C=C/c2ccc(OC)c(Br)c2)nc1-c1ccc(Br)cc1. The Morgan fingerprint density at radius 3 is 2.61 bits per heavy atom. The molecule has 144 valence electrons. The standard InChI is InChI=1S/C21H18Br2N2O2S/c1-3-18-20(14-6-8-15(22)9-7-14)25-21(28-18)24-19(26)11-5-13-4-10-17(27-2)16(23)12-13/h4-12H,3H2,1-2H3,(H,24,25,26)/b11-5+. The summed E-state index contributed by atoms with van der Waals surface area (Å²) in [5, 5.41) is 3.46. The van der Waals surface area contributed by atoms with Gasteiger partial charge >= 0.3 is 0 Å². The largest absolute Gasteiger partial charge is 0.496 e. The van der Waals surface area contributed by atoms with Gasteiger partial charge in [0.2, 0.25) is 5.91 Å². The molecule has 1 aromatic heterocycles. The Kier molecular flexibility index (Phi) is 7.04. The van der Waals surface area contributed by atoms with E-state index in [4.69, 9.17) is 4.74 Å². The third kappa shape index (κ3) is 5.10. The molecule has 3 aromatic rings. The van der Waals surface area contributed by atoms with Crippen molar-refractivity contribution in [1.29, 1.82) is 0 Å². The first kappa shape index (κ1) is 20.8. The molecular formula is C21H18Br2N2O2S. The minimum absolute atomic E-state index is 0.217. The number of hydrogen-bond acceptors (Lipinski definition) is 4. The van der Waals surface area contributed by atoms with Crippen LogP contribution in [0, 0.1) is 0 Å². The molecular weight excluding hydrogens is 504 g/mol. The van der Waals surface area contributed by atoms with E-state index in [2.05, 4.69) is 49.1 Å². The predicted molar refractivity (Wildman–Crippen MR) is 123 cm³/mol. The normalized spacial score (nSPS) is 11.0. The summed E-state index contributed by atoms with van der Waals surface area (Å²) in [5.74, 6) is 0.530. The summed E-state index contributed by atoms with van der Waals surface area (Å²) in [7, 11) is 1.62. The number of nitrogens with zero attached hydrogens (tertiary/aromatic N) is 1. The van der Waals surface area contributed by atoms with Gasteiger partial charge in [-0.25, -0.2) is 4.98 Å². The molecule has 1 heterocycles. The van der Waals surface area contributed by atoms with Gasteiger partial charge in [0.1, 0.15) is 5.75 Å². The van der Waals surface area contributed by atoms with Crippen molar-refractivity contribution >= 4 is 60.3 Å². The second-order valence-electron chi connectivity index (χ2n) is 5.87. The number of hydrogen-bond donors (Lipinski definition) is 1. The van der Waals surface area contributed by atoms with Crippen LogP contribution in [0.3, 0.4) is 0 Å². The van der Waals surface area contributed by atoms with Crippen LogP contribution in [0.2, 0.25) is 0 Å². The molecule has 7 heteroatoms. The molecule has 0 aliphatic rings. The van der Waals surface area contributed by atoms with Crippen molar-refractivity contribution < 1.29 is 9.53 Å². The predicted octanol–water partition coefficient (Wildman–Crippen LogP) is 6.56.